The molecular formula is C19H21N3O3. The molecule has 1 fully saturated rings. The molecule has 1 saturated heterocycles. The molecule has 0 spiro atoms. The van der Waals surface area contributed by atoms with Gasteiger partial charge in [-0.15, -0.1) is 0 Å². The Bertz CT molecular complexity index is 761. The molecule has 0 radical (unpaired) electrons. The van der Waals surface area contributed by atoms with Crippen molar-refractivity contribution in [2.24, 2.45) is 5.92 Å². The summed E-state index contributed by atoms with van der Waals surface area (Å²) in [6.07, 6.45) is 2.04. The molecule has 0 aliphatic carbocycles. The highest BCUT2D eigenvalue weighted by Crippen LogP contribution is 2.27. The van der Waals surface area contributed by atoms with Crippen LogP contribution in [0.25, 0.3) is 0 Å². The predicted octanol–water partition coefficient (Wildman–Crippen LogP) is 2.78. The second-order valence-corrected chi connectivity index (χ2v) is 6.27. The molecule has 2 unspecified atom stereocenters. The molecule has 2 atom stereocenters. The van der Waals surface area contributed by atoms with Crippen LogP contribution in [-0.2, 0) is 4.79 Å². The minimum absolute atomic E-state index is 0.169. The first-order chi connectivity index (χ1) is 12.0. The molecule has 1 amide bonds. The zero-order valence-electron chi connectivity index (χ0n) is 14.3. The van der Waals surface area contributed by atoms with Crippen LogP contribution in [0, 0.1) is 5.92 Å². The van der Waals surface area contributed by atoms with Gasteiger partial charge in [0.1, 0.15) is 5.82 Å². The number of carbonyl (C=O) groups is 2. The largest absolute Gasteiger partial charge is 0.481 e. The predicted molar refractivity (Wildman–Crippen MR) is 95.0 cm³/mol. The normalized spacial score (nSPS) is 19.7. The van der Waals surface area contributed by atoms with E-state index in [1.54, 1.807) is 30.2 Å². The summed E-state index contributed by atoms with van der Waals surface area (Å²) in [5, 5.41) is 9.20. The highest BCUT2D eigenvalue weighted by Gasteiger charge is 2.38. The number of carbonyl (C=O) groups excluding carboxylic acids is 1. The number of benzene rings is 1. The number of amides is 1. The van der Waals surface area contributed by atoms with E-state index in [4.69, 9.17) is 0 Å². The molecule has 25 heavy (non-hydrogen) atoms. The number of nitrogens with zero attached hydrogens (tertiary/aromatic N) is 3. The Kier molecular flexibility index (Phi) is 4.70. The summed E-state index contributed by atoms with van der Waals surface area (Å²) in [5.41, 5.74) is 1.48. The van der Waals surface area contributed by atoms with E-state index in [-0.39, 0.29) is 11.9 Å². The van der Waals surface area contributed by atoms with Crippen LogP contribution in [0.4, 0.5) is 11.5 Å². The number of hydrogen-bond donors (Lipinski definition) is 1. The molecule has 1 aromatic carbocycles. The number of aromatic nitrogens is 1. The Hall–Kier alpha value is -2.89. The number of likely N-dealkylation sites (tertiary alicyclic amines) is 1. The van der Waals surface area contributed by atoms with Crippen LogP contribution in [0.3, 0.4) is 0 Å². The molecule has 2 aromatic rings. The number of carboxylic acid groups (broad SMARTS) is 1. The van der Waals surface area contributed by atoms with Gasteiger partial charge < -0.3 is 14.9 Å². The summed E-state index contributed by atoms with van der Waals surface area (Å²) in [5.74, 6) is -0.778. The van der Waals surface area contributed by atoms with Crippen molar-refractivity contribution in [3.63, 3.8) is 0 Å². The highest BCUT2D eigenvalue weighted by atomic mass is 16.4. The Labute approximate surface area is 146 Å². The van der Waals surface area contributed by atoms with Gasteiger partial charge in [0, 0.05) is 31.5 Å². The molecule has 2 heterocycles. The first kappa shape index (κ1) is 17.0. The molecule has 6 nitrogen and oxygen atoms in total. The number of rotatable bonds is 4. The van der Waals surface area contributed by atoms with Crippen LogP contribution in [0.1, 0.15) is 23.7 Å². The number of carboxylic acids is 1. The minimum Gasteiger partial charge on any atom is -0.481 e. The molecule has 1 aliphatic heterocycles. The van der Waals surface area contributed by atoms with Crippen molar-refractivity contribution in [2.45, 2.75) is 19.4 Å². The maximum Gasteiger partial charge on any atom is 0.308 e. The van der Waals surface area contributed by atoms with Crippen LogP contribution in [0.2, 0.25) is 0 Å². The summed E-state index contributed by atoms with van der Waals surface area (Å²) >= 11 is 0. The van der Waals surface area contributed by atoms with Gasteiger partial charge in [-0.3, -0.25) is 9.59 Å². The molecular weight excluding hydrogens is 318 g/mol. The summed E-state index contributed by atoms with van der Waals surface area (Å²) in [4.78, 5) is 31.8. The highest BCUT2D eigenvalue weighted by molar-refractivity contribution is 5.95. The fourth-order valence-electron chi connectivity index (χ4n) is 3.22. The third-order valence-electron chi connectivity index (χ3n) is 4.81. The van der Waals surface area contributed by atoms with Crippen molar-refractivity contribution in [3.8, 4) is 0 Å². The van der Waals surface area contributed by atoms with Crippen LogP contribution < -0.4 is 4.90 Å². The van der Waals surface area contributed by atoms with E-state index in [2.05, 4.69) is 4.98 Å². The number of pyridine rings is 1. The maximum atomic E-state index is 12.7. The van der Waals surface area contributed by atoms with Gasteiger partial charge >= 0.3 is 5.97 Å². The molecule has 3 rings (SSSR count). The van der Waals surface area contributed by atoms with Crippen LogP contribution in [0.5, 0.6) is 0 Å². The fraction of sp³-hybridized carbons (Fsp3) is 0.316. The standard InChI is InChI=1S/C19H21N3O3/c1-13-16(19(24)25)10-11-22(13)18(23)14-8-9-17(20-12-14)21(2)15-6-4-3-5-7-15/h3-9,12-13,16H,10-11H2,1-2H3,(H,24,25). The van der Waals surface area contributed by atoms with Gasteiger partial charge in [-0.05, 0) is 37.6 Å². The van der Waals surface area contributed by atoms with Gasteiger partial charge in [0.25, 0.3) is 5.91 Å². The zero-order valence-corrected chi connectivity index (χ0v) is 14.3. The van der Waals surface area contributed by atoms with Crippen LogP contribution in [-0.4, -0.2) is 46.5 Å². The van der Waals surface area contributed by atoms with Crippen molar-refractivity contribution in [1.82, 2.24) is 9.88 Å². The first-order valence-electron chi connectivity index (χ1n) is 8.27. The lowest BCUT2D eigenvalue weighted by Gasteiger charge is -2.23. The lowest BCUT2D eigenvalue weighted by atomic mass is 10.0. The Balaban J connectivity index is 1.74. The van der Waals surface area contributed by atoms with Crippen LogP contribution in [0.15, 0.2) is 48.7 Å². The molecule has 1 aliphatic rings. The fourth-order valence-corrected chi connectivity index (χ4v) is 3.22. The smallest absolute Gasteiger partial charge is 0.308 e. The third-order valence-corrected chi connectivity index (χ3v) is 4.81. The number of para-hydroxylation sites is 1. The number of aliphatic carboxylic acids is 1. The molecule has 1 N–H and O–H groups in total. The van der Waals surface area contributed by atoms with Crippen molar-refractivity contribution in [1.29, 1.82) is 0 Å². The monoisotopic (exact) mass is 339 g/mol. The van der Waals surface area contributed by atoms with Gasteiger partial charge in [0.05, 0.1) is 11.5 Å². The Morgan fingerprint density at radius 3 is 2.48 bits per heavy atom. The lowest BCUT2D eigenvalue weighted by molar-refractivity contribution is -0.142. The molecule has 0 bridgehead atoms. The second kappa shape index (κ2) is 6.93. The van der Waals surface area contributed by atoms with Gasteiger partial charge in [0.15, 0.2) is 0 Å². The maximum absolute atomic E-state index is 12.7. The van der Waals surface area contributed by atoms with E-state index in [1.165, 1.54) is 0 Å². The second-order valence-electron chi connectivity index (χ2n) is 6.27. The number of hydrogen-bond acceptors (Lipinski definition) is 4. The lowest BCUT2D eigenvalue weighted by Crippen LogP contribution is -2.37. The van der Waals surface area contributed by atoms with E-state index in [1.807, 2.05) is 42.3 Å². The minimum atomic E-state index is -0.847. The van der Waals surface area contributed by atoms with Crippen LogP contribution >= 0.6 is 0 Å². The molecule has 130 valence electrons. The average Bonchev–Trinajstić information content (AvgIpc) is 3.03. The summed E-state index contributed by atoms with van der Waals surface area (Å²) in [6.45, 7) is 2.25. The van der Waals surface area contributed by atoms with Crippen molar-refractivity contribution in [3.05, 3.63) is 54.2 Å². The summed E-state index contributed by atoms with van der Waals surface area (Å²) in [7, 11) is 1.92. The van der Waals surface area contributed by atoms with E-state index < -0.39 is 11.9 Å². The van der Waals surface area contributed by atoms with Gasteiger partial charge in [-0.25, -0.2) is 4.98 Å². The average molecular weight is 339 g/mol. The van der Waals surface area contributed by atoms with E-state index in [9.17, 15) is 14.7 Å². The van der Waals surface area contributed by atoms with Crippen molar-refractivity contribution in [2.75, 3.05) is 18.5 Å². The summed E-state index contributed by atoms with van der Waals surface area (Å²) < 4.78 is 0. The van der Waals surface area contributed by atoms with E-state index >= 15 is 0 Å². The molecule has 6 heteroatoms. The molecule has 0 saturated carbocycles. The topological polar surface area (TPSA) is 73.7 Å². The quantitative estimate of drug-likeness (QED) is 0.927. The first-order valence-corrected chi connectivity index (χ1v) is 8.27. The Morgan fingerprint density at radius 2 is 1.92 bits per heavy atom. The van der Waals surface area contributed by atoms with Gasteiger partial charge in [-0.2, -0.15) is 0 Å². The van der Waals surface area contributed by atoms with Crippen molar-refractivity contribution >= 4 is 23.4 Å². The SMILES string of the molecule is CC1C(C(=O)O)CCN1C(=O)c1ccc(N(C)c2ccccc2)nc1. The molecule has 1 aromatic heterocycles. The van der Waals surface area contributed by atoms with Gasteiger partial charge in [0.2, 0.25) is 0 Å². The number of anilines is 2. The summed E-state index contributed by atoms with van der Waals surface area (Å²) in [6, 6.07) is 13.1. The van der Waals surface area contributed by atoms with Crippen molar-refractivity contribution < 1.29 is 14.7 Å². The van der Waals surface area contributed by atoms with E-state index in [0.29, 0.717) is 18.5 Å². The van der Waals surface area contributed by atoms with E-state index in [0.717, 1.165) is 11.5 Å². The zero-order chi connectivity index (χ0) is 18.0. The third kappa shape index (κ3) is 3.33. The Morgan fingerprint density at radius 1 is 1.20 bits per heavy atom. The van der Waals surface area contributed by atoms with Gasteiger partial charge in [-0.1, -0.05) is 18.2 Å².